The summed E-state index contributed by atoms with van der Waals surface area (Å²) in [7, 11) is 1.92. The molecule has 1 fully saturated rings. The van der Waals surface area contributed by atoms with E-state index in [2.05, 4.69) is 50.4 Å². The summed E-state index contributed by atoms with van der Waals surface area (Å²) in [5, 5.41) is 3.28. The van der Waals surface area contributed by atoms with E-state index in [1.165, 1.54) is 11.1 Å². The van der Waals surface area contributed by atoms with Crippen LogP contribution in [0, 0.1) is 0 Å². The van der Waals surface area contributed by atoms with Crippen LogP contribution in [0.25, 0.3) is 0 Å². The van der Waals surface area contributed by atoms with Crippen LogP contribution < -0.4 is 5.32 Å². The summed E-state index contributed by atoms with van der Waals surface area (Å²) >= 11 is 1.72. The Kier molecular flexibility index (Phi) is 4.76. The molecule has 1 heterocycles. The van der Waals surface area contributed by atoms with E-state index in [9.17, 15) is 4.79 Å². The Bertz CT molecular complexity index is 464. The number of nitrogens with one attached hydrogen (secondary N) is 1. The quantitative estimate of drug-likeness (QED) is 0.926. The van der Waals surface area contributed by atoms with E-state index >= 15 is 0 Å². The van der Waals surface area contributed by atoms with E-state index in [0.717, 1.165) is 13.1 Å². The molecule has 1 aliphatic rings. The zero-order valence-electron chi connectivity index (χ0n) is 12.8. The highest BCUT2D eigenvalue weighted by molar-refractivity contribution is 8.00. The Labute approximate surface area is 126 Å². The first kappa shape index (κ1) is 15.4. The van der Waals surface area contributed by atoms with Crippen LogP contribution in [-0.4, -0.2) is 36.7 Å². The highest BCUT2D eigenvalue weighted by Gasteiger charge is 2.32. The van der Waals surface area contributed by atoms with Crippen molar-refractivity contribution in [2.45, 2.75) is 31.6 Å². The maximum Gasteiger partial charge on any atom is 0.233 e. The summed E-state index contributed by atoms with van der Waals surface area (Å²) in [6.45, 7) is 8.26. The Morgan fingerprint density at radius 2 is 1.95 bits per heavy atom. The molecule has 0 bridgehead atoms. The van der Waals surface area contributed by atoms with Crippen LogP contribution >= 0.6 is 11.8 Å². The van der Waals surface area contributed by atoms with E-state index in [4.69, 9.17) is 0 Å². The van der Waals surface area contributed by atoms with Gasteiger partial charge in [0.1, 0.15) is 5.37 Å². The average molecular weight is 292 g/mol. The van der Waals surface area contributed by atoms with Gasteiger partial charge >= 0.3 is 0 Å². The van der Waals surface area contributed by atoms with Gasteiger partial charge in [0.15, 0.2) is 0 Å². The van der Waals surface area contributed by atoms with Crippen LogP contribution in [0.1, 0.15) is 37.3 Å². The number of rotatable bonds is 4. The van der Waals surface area contributed by atoms with Gasteiger partial charge in [0.2, 0.25) is 5.91 Å². The largest absolute Gasteiger partial charge is 0.325 e. The highest BCUT2D eigenvalue weighted by atomic mass is 32.2. The third kappa shape index (κ3) is 3.36. The van der Waals surface area contributed by atoms with E-state index in [1.807, 2.05) is 11.9 Å². The molecule has 3 nitrogen and oxygen atoms in total. The zero-order chi connectivity index (χ0) is 14.8. The minimum absolute atomic E-state index is 0.170. The van der Waals surface area contributed by atoms with Crippen LogP contribution in [0.15, 0.2) is 24.3 Å². The molecule has 0 saturated carbocycles. The molecule has 1 aromatic rings. The fourth-order valence-corrected chi connectivity index (χ4v) is 3.57. The first-order valence-electron chi connectivity index (χ1n) is 7.09. The number of carbonyl (C=O) groups is 1. The lowest BCUT2D eigenvalue weighted by atomic mass is 9.87. The molecule has 0 aliphatic carbocycles. The number of nitrogens with zero attached hydrogens (tertiary/aromatic N) is 1. The van der Waals surface area contributed by atoms with Gasteiger partial charge in [-0.15, -0.1) is 11.8 Å². The molecule has 1 atom stereocenters. The molecule has 1 aliphatic heterocycles. The van der Waals surface area contributed by atoms with Crippen molar-refractivity contribution in [1.29, 1.82) is 0 Å². The number of hydrogen-bond donors (Lipinski definition) is 1. The molecule has 20 heavy (non-hydrogen) atoms. The SMILES string of the molecule is CNCCN1C(=O)CS[C@@H]1c1ccc(C(C)(C)C)cc1. The number of amides is 1. The fraction of sp³-hybridized carbons (Fsp3) is 0.562. The molecular weight excluding hydrogens is 268 g/mol. The molecule has 0 unspecified atom stereocenters. The van der Waals surface area contributed by atoms with E-state index < -0.39 is 0 Å². The minimum atomic E-state index is 0.170. The van der Waals surface area contributed by atoms with Crippen molar-refractivity contribution in [2.75, 3.05) is 25.9 Å². The van der Waals surface area contributed by atoms with Crippen LogP contribution in [0.3, 0.4) is 0 Å². The molecule has 0 spiro atoms. The Morgan fingerprint density at radius 3 is 2.50 bits per heavy atom. The number of hydrogen-bond acceptors (Lipinski definition) is 3. The second-order valence-corrected chi connectivity index (χ2v) is 7.29. The van der Waals surface area contributed by atoms with Crippen molar-refractivity contribution in [2.24, 2.45) is 0 Å². The number of benzene rings is 1. The average Bonchev–Trinajstić information content (AvgIpc) is 2.77. The number of thioether (sulfide) groups is 1. The number of carbonyl (C=O) groups excluding carboxylic acids is 1. The fourth-order valence-electron chi connectivity index (χ4n) is 2.35. The van der Waals surface area contributed by atoms with Crippen molar-refractivity contribution < 1.29 is 4.79 Å². The van der Waals surface area contributed by atoms with Gasteiger partial charge in [0.25, 0.3) is 0 Å². The Hall–Kier alpha value is -1.00. The van der Waals surface area contributed by atoms with E-state index in [0.29, 0.717) is 5.75 Å². The van der Waals surface area contributed by atoms with Crippen LogP contribution in [0.5, 0.6) is 0 Å². The van der Waals surface area contributed by atoms with E-state index in [-0.39, 0.29) is 16.7 Å². The summed E-state index contributed by atoms with van der Waals surface area (Å²) in [4.78, 5) is 13.9. The molecule has 4 heteroatoms. The maximum atomic E-state index is 12.0. The normalized spacial score (nSPS) is 19.7. The lowest BCUT2D eigenvalue weighted by Crippen LogP contribution is -2.34. The molecule has 1 amide bonds. The summed E-state index contributed by atoms with van der Waals surface area (Å²) in [6, 6.07) is 8.72. The molecule has 2 rings (SSSR count). The van der Waals surface area contributed by atoms with Gasteiger partial charge in [-0.05, 0) is 23.6 Å². The Balaban J connectivity index is 2.16. The van der Waals surface area contributed by atoms with Gasteiger partial charge in [0, 0.05) is 13.1 Å². The maximum absolute atomic E-state index is 12.0. The summed E-state index contributed by atoms with van der Waals surface area (Å²) in [6.07, 6.45) is 0. The molecule has 0 radical (unpaired) electrons. The third-order valence-electron chi connectivity index (χ3n) is 3.63. The Morgan fingerprint density at radius 1 is 1.30 bits per heavy atom. The van der Waals surface area contributed by atoms with Crippen molar-refractivity contribution in [3.05, 3.63) is 35.4 Å². The van der Waals surface area contributed by atoms with E-state index in [1.54, 1.807) is 11.8 Å². The molecule has 1 N–H and O–H groups in total. The summed E-state index contributed by atoms with van der Waals surface area (Å²) in [5.41, 5.74) is 2.73. The standard InChI is InChI=1S/C16H24N2OS/c1-16(2,3)13-7-5-12(6-8-13)15-18(10-9-17-4)14(19)11-20-15/h5-8,15,17H,9-11H2,1-4H3/t15-/m1/s1. The summed E-state index contributed by atoms with van der Waals surface area (Å²) in [5.74, 6) is 0.838. The van der Waals surface area contributed by atoms with Crippen LogP contribution in [-0.2, 0) is 10.2 Å². The smallest absolute Gasteiger partial charge is 0.233 e. The van der Waals surface area contributed by atoms with Gasteiger partial charge in [0.05, 0.1) is 5.75 Å². The lowest BCUT2D eigenvalue weighted by Gasteiger charge is -2.25. The van der Waals surface area contributed by atoms with Crippen molar-refractivity contribution in [1.82, 2.24) is 10.2 Å². The predicted molar refractivity (Wildman–Crippen MR) is 86.0 cm³/mol. The molecule has 1 aromatic carbocycles. The highest BCUT2D eigenvalue weighted by Crippen LogP contribution is 2.38. The predicted octanol–water partition coefficient (Wildman–Crippen LogP) is 2.78. The summed E-state index contributed by atoms with van der Waals surface area (Å²) < 4.78 is 0. The van der Waals surface area contributed by atoms with Crippen LogP contribution in [0.2, 0.25) is 0 Å². The molecule has 110 valence electrons. The molecule has 0 aromatic heterocycles. The van der Waals surface area contributed by atoms with Gasteiger partial charge in [-0.3, -0.25) is 4.79 Å². The van der Waals surface area contributed by atoms with Crippen molar-refractivity contribution in [3.8, 4) is 0 Å². The topological polar surface area (TPSA) is 32.3 Å². The van der Waals surface area contributed by atoms with Gasteiger partial charge in [-0.2, -0.15) is 0 Å². The molecular formula is C16H24N2OS. The first-order valence-corrected chi connectivity index (χ1v) is 8.14. The van der Waals surface area contributed by atoms with Gasteiger partial charge in [-0.1, -0.05) is 45.0 Å². The van der Waals surface area contributed by atoms with Gasteiger partial charge in [-0.25, -0.2) is 0 Å². The zero-order valence-corrected chi connectivity index (χ0v) is 13.6. The molecule has 1 saturated heterocycles. The monoisotopic (exact) mass is 292 g/mol. The van der Waals surface area contributed by atoms with Crippen molar-refractivity contribution >= 4 is 17.7 Å². The second kappa shape index (κ2) is 6.19. The lowest BCUT2D eigenvalue weighted by molar-refractivity contribution is -0.128. The minimum Gasteiger partial charge on any atom is -0.325 e. The van der Waals surface area contributed by atoms with Crippen molar-refractivity contribution in [3.63, 3.8) is 0 Å². The third-order valence-corrected chi connectivity index (χ3v) is 4.89. The van der Waals surface area contributed by atoms with Gasteiger partial charge < -0.3 is 10.2 Å². The van der Waals surface area contributed by atoms with Crippen LogP contribution in [0.4, 0.5) is 0 Å². The second-order valence-electron chi connectivity index (χ2n) is 6.23. The number of likely N-dealkylation sites (N-methyl/N-ethyl adjacent to an activating group) is 1. The first-order chi connectivity index (χ1) is 9.43.